The van der Waals surface area contributed by atoms with Crippen LogP contribution in [0.3, 0.4) is 0 Å². The topological polar surface area (TPSA) is 59.1 Å². The van der Waals surface area contributed by atoms with Crippen molar-refractivity contribution in [2.45, 2.75) is 83.9 Å². The number of halogens is 1. The Morgan fingerprint density at radius 1 is 1.26 bits per heavy atom. The second kappa shape index (κ2) is 10.7. The Kier molecular flexibility index (Phi) is 8.23. The molecule has 172 valence electrons. The molecule has 0 unspecified atom stereocenters. The average molecular weight is 451 g/mol. The van der Waals surface area contributed by atoms with Crippen LogP contribution in [0.25, 0.3) is 0 Å². The van der Waals surface area contributed by atoms with E-state index in [1.165, 1.54) is 6.42 Å². The Morgan fingerprint density at radius 3 is 2.61 bits per heavy atom. The summed E-state index contributed by atoms with van der Waals surface area (Å²) < 4.78 is 10.9. The Balaban J connectivity index is 1.92. The Bertz CT molecular complexity index is 792. The molecule has 1 aromatic rings. The number of amides is 2. The van der Waals surface area contributed by atoms with E-state index in [1.54, 1.807) is 31.1 Å². The zero-order valence-corrected chi connectivity index (χ0v) is 19.9. The first-order chi connectivity index (χ1) is 14.8. The largest absolute Gasteiger partial charge is 0.479 e. The molecule has 0 saturated heterocycles. The summed E-state index contributed by atoms with van der Waals surface area (Å²) in [4.78, 5) is 30.2. The third-order valence-electron chi connectivity index (χ3n) is 6.23. The summed E-state index contributed by atoms with van der Waals surface area (Å²) in [6.07, 6.45) is 6.65. The van der Waals surface area contributed by atoms with Gasteiger partial charge in [0.05, 0.1) is 16.3 Å². The zero-order valence-electron chi connectivity index (χ0n) is 19.2. The van der Waals surface area contributed by atoms with E-state index in [0.717, 1.165) is 38.5 Å². The fourth-order valence-electron chi connectivity index (χ4n) is 4.66. The molecule has 31 heavy (non-hydrogen) atoms. The number of hydrogen-bond acceptors (Lipinski definition) is 4. The normalized spacial score (nSPS) is 19.4. The van der Waals surface area contributed by atoms with Gasteiger partial charge in [-0.25, -0.2) is 0 Å². The van der Waals surface area contributed by atoms with Crippen LogP contribution < -0.4 is 9.64 Å². The minimum atomic E-state index is -0.582. The third-order valence-corrected chi connectivity index (χ3v) is 6.54. The Labute approximate surface area is 190 Å². The molecule has 0 bridgehead atoms. The van der Waals surface area contributed by atoms with Crippen molar-refractivity contribution in [2.75, 3.05) is 25.2 Å². The molecule has 6 nitrogen and oxygen atoms in total. The average Bonchev–Trinajstić information content (AvgIpc) is 2.74. The van der Waals surface area contributed by atoms with Crippen LogP contribution in [0.2, 0.25) is 5.02 Å². The van der Waals surface area contributed by atoms with E-state index in [1.807, 2.05) is 4.90 Å². The van der Waals surface area contributed by atoms with Gasteiger partial charge in [0.25, 0.3) is 11.8 Å². The SMILES string of the molecule is COCCCCN1C(=O)[C@@H](C)Oc2cc(Cl)c(C(=O)N(C(C)C)C3CCCCC3)cc21. The maximum Gasteiger partial charge on any atom is 0.267 e. The van der Waals surface area contributed by atoms with Crippen molar-refractivity contribution in [3.63, 3.8) is 0 Å². The summed E-state index contributed by atoms with van der Waals surface area (Å²) in [5, 5.41) is 0.367. The third kappa shape index (κ3) is 5.35. The number of anilines is 1. The second-order valence-corrected chi connectivity index (χ2v) is 9.25. The van der Waals surface area contributed by atoms with Crippen LogP contribution in [-0.2, 0) is 9.53 Å². The zero-order chi connectivity index (χ0) is 22.5. The molecule has 0 aromatic heterocycles. The minimum Gasteiger partial charge on any atom is -0.479 e. The van der Waals surface area contributed by atoms with Gasteiger partial charge in [0.1, 0.15) is 5.75 Å². The van der Waals surface area contributed by atoms with Crippen molar-refractivity contribution < 1.29 is 19.1 Å². The van der Waals surface area contributed by atoms with Gasteiger partial charge in [0.2, 0.25) is 0 Å². The number of unbranched alkanes of at least 4 members (excludes halogenated alkanes) is 1. The predicted octanol–water partition coefficient (Wildman–Crippen LogP) is 5.06. The summed E-state index contributed by atoms with van der Waals surface area (Å²) in [5.74, 6) is 0.382. The van der Waals surface area contributed by atoms with Gasteiger partial charge in [0, 0.05) is 38.4 Å². The molecule has 1 fully saturated rings. The molecule has 0 spiro atoms. The fourth-order valence-corrected chi connectivity index (χ4v) is 4.89. The number of methoxy groups -OCH3 is 1. The number of benzene rings is 1. The monoisotopic (exact) mass is 450 g/mol. The van der Waals surface area contributed by atoms with Gasteiger partial charge in [0.15, 0.2) is 6.10 Å². The van der Waals surface area contributed by atoms with Gasteiger partial charge >= 0.3 is 0 Å². The number of rotatable bonds is 8. The highest BCUT2D eigenvalue weighted by molar-refractivity contribution is 6.34. The quantitative estimate of drug-likeness (QED) is 0.519. The number of nitrogens with zero attached hydrogens (tertiary/aromatic N) is 2. The number of hydrogen-bond donors (Lipinski definition) is 0. The molecule has 1 heterocycles. The van der Waals surface area contributed by atoms with E-state index in [-0.39, 0.29) is 23.9 Å². The fraction of sp³-hybridized carbons (Fsp3) is 0.667. The number of carbonyl (C=O) groups is 2. The Morgan fingerprint density at radius 2 is 1.97 bits per heavy atom. The summed E-state index contributed by atoms with van der Waals surface area (Å²) in [6, 6.07) is 3.74. The first-order valence-corrected chi connectivity index (χ1v) is 11.9. The molecule has 0 N–H and O–H groups in total. The van der Waals surface area contributed by atoms with Crippen molar-refractivity contribution in [2.24, 2.45) is 0 Å². The lowest BCUT2D eigenvalue weighted by atomic mass is 9.92. The van der Waals surface area contributed by atoms with Crippen molar-refractivity contribution in [1.29, 1.82) is 0 Å². The Hall–Kier alpha value is -1.79. The molecule has 2 aliphatic rings. The van der Waals surface area contributed by atoms with E-state index in [4.69, 9.17) is 21.1 Å². The maximum absolute atomic E-state index is 13.6. The van der Waals surface area contributed by atoms with Crippen molar-refractivity contribution >= 4 is 29.1 Å². The summed E-state index contributed by atoms with van der Waals surface area (Å²) in [6.45, 7) is 7.04. The van der Waals surface area contributed by atoms with E-state index < -0.39 is 6.10 Å². The van der Waals surface area contributed by atoms with Crippen LogP contribution in [0.15, 0.2) is 12.1 Å². The molecule has 1 aromatic carbocycles. The van der Waals surface area contributed by atoms with Gasteiger partial charge in [-0.1, -0.05) is 30.9 Å². The molecule has 7 heteroatoms. The van der Waals surface area contributed by atoms with Crippen LogP contribution in [0.4, 0.5) is 5.69 Å². The highest BCUT2D eigenvalue weighted by Gasteiger charge is 2.35. The van der Waals surface area contributed by atoms with Crippen LogP contribution in [0.1, 0.15) is 76.1 Å². The smallest absolute Gasteiger partial charge is 0.267 e. The lowest BCUT2D eigenvalue weighted by molar-refractivity contribution is -0.125. The number of ether oxygens (including phenoxy) is 2. The first-order valence-electron chi connectivity index (χ1n) is 11.5. The van der Waals surface area contributed by atoms with E-state index >= 15 is 0 Å². The predicted molar refractivity (Wildman–Crippen MR) is 123 cm³/mol. The summed E-state index contributed by atoms with van der Waals surface area (Å²) in [7, 11) is 1.67. The van der Waals surface area contributed by atoms with Crippen LogP contribution in [0.5, 0.6) is 5.75 Å². The van der Waals surface area contributed by atoms with Gasteiger partial charge in [-0.15, -0.1) is 0 Å². The first kappa shape index (κ1) is 23.9. The lowest BCUT2D eigenvalue weighted by Crippen LogP contribution is -2.46. The number of fused-ring (bicyclic) bond motifs is 1. The molecule has 2 amide bonds. The van der Waals surface area contributed by atoms with E-state index in [2.05, 4.69) is 13.8 Å². The van der Waals surface area contributed by atoms with Crippen molar-refractivity contribution in [3.05, 3.63) is 22.7 Å². The maximum atomic E-state index is 13.6. The lowest BCUT2D eigenvalue weighted by Gasteiger charge is -2.38. The highest BCUT2D eigenvalue weighted by Crippen LogP contribution is 2.39. The van der Waals surface area contributed by atoms with Crippen LogP contribution in [0, 0.1) is 0 Å². The van der Waals surface area contributed by atoms with E-state index in [0.29, 0.717) is 35.2 Å². The molecule has 1 saturated carbocycles. The van der Waals surface area contributed by atoms with Crippen LogP contribution in [-0.4, -0.2) is 55.2 Å². The van der Waals surface area contributed by atoms with Gasteiger partial charge < -0.3 is 19.3 Å². The molecule has 3 rings (SSSR count). The van der Waals surface area contributed by atoms with Crippen LogP contribution >= 0.6 is 11.6 Å². The molecular weight excluding hydrogens is 416 g/mol. The van der Waals surface area contributed by atoms with E-state index in [9.17, 15) is 9.59 Å². The molecule has 0 radical (unpaired) electrons. The standard InChI is InChI=1S/C24H35ClN2O4/c1-16(2)27(18-10-6-5-7-11-18)24(29)19-14-21-22(15-20(19)25)31-17(3)23(28)26(21)12-8-9-13-30-4/h14-18H,5-13H2,1-4H3/t17-/m1/s1. The summed E-state index contributed by atoms with van der Waals surface area (Å²) >= 11 is 6.57. The molecule has 1 aliphatic carbocycles. The van der Waals surface area contributed by atoms with Gasteiger partial charge in [-0.05, 0) is 52.5 Å². The summed E-state index contributed by atoms with van der Waals surface area (Å²) in [5.41, 5.74) is 1.06. The van der Waals surface area contributed by atoms with Crippen molar-refractivity contribution in [3.8, 4) is 5.75 Å². The number of carbonyl (C=O) groups excluding carboxylic acids is 2. The van der Waals surface area contributed by atoms with Gasteiger partial charge in [-0.2, -0.15) is 0 Å². The molecule has 1 aliphatic heterocycles. The minimum absolute atomic E-state index is 0.0693. The highest BCUT2D eigenvalue weighted by atomic mass is 35.5. The second-order valence-electron chi connectivity index (χ2n) is 8.85. The van der Waals surface area contributed by atoms with Crippen molar-refractivity contribution in [1.82, 2.24) is 4.90 Å². The molecular formula is C24H35ClN2O4. The van der Waals surface area contributed by atoms with Gasteiger partial charge in [-0.3, -0.25) is 9.59 Å². The molecule has 1 atom stereocenters.